The second-order valence-electron chi connectivity index (χ2n) is 5.85. The number of hydrogen-bond donors (Lipinski definition) is 1. The van der Waals surface area contributed by atoms with E-state index in [4.69, 9.17) is 0 Å². The van der Waals surface area contributed by atoms with Crippen molar-refractivity contribution in [3.05, 3.63) is 102 Å². The van der Waals surface area contributed by atoms with Crippen LogP contribution in [0.3, 0.4) is 0 Å². The van der Waals surface area contributed by atoms with E-state index in [0.29, 0.717) is 11.1 Å². The predicted octanol–water partition coefficient (Wildman–Crippen LogP) is 4.93. The lowest BCUT2D eigenvalue weighted by Gasteiger charge is -2.19. The van der Waals surface area contributed by atoms with Gasteiger partial charge in [0.15, 0.2) is 11.6 Å². The highest BCUT2D eigenvalue weighted by Crippen LogP contribution is 2.24. The molecular weight excluding hydrogens is 310 g/mol. The third-order valence-corrected chi connectivity index (χ3v) is 4.06. The Morgan fingerprint density at radius 1 is 0.720 bits per heavy atom. The fourth-order valence-electron chi connectivity index (χ4n) is 2.68. The Labute approximate surface area is 147 Å². The number of hydrogen-bond acceptors (Lipinski definition) is 3. The largest absolute Gasteiger partial charge is 0.371 e. The summed E-state index contributed by atoms with van der Waals surface area (Å²) < 4.78 is 0. The first kappa shape index (κ1) is 16.7. The number of rotatable bonds is 6. The SMILES string of the molecule is CC(=O)c1ccc(NC(C(=O)c2ccccc2)c2ccccc2)cc1. The average molecular weight is 329 g/mol. The molecule has 0 aliphatic rings. The summed E-state index contributed by atoms with van der Waals surface area (Å²) in [5.41, 5.74) is 3.00. The monoisotopic (exact) mass is 329 g/mol. The van der Waals surface area contributed by atoms with Crippen molar-refractivity contribution in [1.29, 1.82) is 0 Å². The minimum atomic E-state index is -0.494. The van der Waals surface area contributed by atoms with Crippen LogP contribution in [0, 0.1) is 0 Å². The molecule has 0 radical (unpaired) electrons. The van der Waals surface area contributed by atoms with Gasteiger partial charge in [0.05, 0.1) is 0 Å². The van der Waals surface area contributed by atoms with E-state index >= 15 is 0 Å². The van der Waals surface area contributed by atoms with Gasteiger partial charge in [-0.15, -0.1) is 0 Å². The van der Waals surface area contributed by atoms with Gasteiger partial charge in [-0.05, 0) is 36.8 Å². The fourth-order valence-corrected chi connectivity index (χ4v) is 2.68. The molecule has 0 bridgehead atoms. The van der Waals surface area contributed by atoms with Crippen molar-refractivity contribution in [2.24, 2.45) is 0 Å². The Morgan fingerprint density at radius 3 is 1.84 bits per heavy atom. The van der Waals surface area contributed by atoms with Crippen LogP contribution in [0.15, 0.2) is 84.9 Å². The molecule has 0 heterocycles. The van der Waals surface area contributed by atoms with Crippen molar-refractivity contribution in [2.75, 3.05) is 5.32 Å². The quantitative estimate of drug-likeness (QED) is 0.653. The molecule has 25 heavy (non-hydrogen) atoms. The van der Waals surface area contributed by atoms with E-state index in [1.165, 1.54) is 6.92 Å². The van der Waals surface area contributed by atoms with Crippen molar-refractivity contribution in [2.45, 2.75) is 13.0 Å². The highest BCUT2D eigenvalue weighted by atomic mass is 16.1. The van der Waals surface area contributed by atoms with Crippen LogP contribution in [-0.4, -0.2) is 11.6 Å². The Morgan fingerprint density at radius 2 is 1.28 bits per heavy atom. The lowest BCUT2D eigenvalue weighted by atomic mass is 9.97. The maximum absolute atomic E-state index is 13.0. The molecule has 1 N–H and O–H groups in total. The van der Waals surface area contributed by atoms with Crippen LogP contribution in [0.1, 0.15) is 39.2 Å². The molecule has 0 amide bonds. The van der Waals surface area contributed by atoms with Gasteiger partial charge in [-0.25, -0.2) is 0 Å². The van der Waals surface area contributed by atoms with Gasteiger partial charge in [0.25, 0.3) is 0 Å². The van der Waals surface area contributed by atoms with E-state index < -0.39 is 6.04 Å². The van der Waals surface area contributed by atoms with Gasteiger partial charge in [0.2, 0.25) is 0 Å². The number of benzene rings is 3. The summed E-state index contributed by atoms with van der Waals surface area (Å²) in [5, 5.41) is 3.30. The van der Waals surface area contributed by atoms with Crippen molar-refractivity contribution in [1.82, 2.24) is 0 Å². The van der Waals surface area contributed by atoms with Gasteiger partial charge < -0.3 is 5.32 Å². The minimum Gasteiger partial charge on any atom is -0.371 e. The van der Waals surface area contributed by atoms with E-state index in [2.05, 4.69) is 5.32 Å². The molecule has 0 fully saturated rings. The summed E-state index contributed by atoms with van der Waals surface area (Å²) in [4.78, 5) is 24.4. The molecule has 3 nitrogen and oxygen atoms in total. The fraction of sp³-hybridized carbons (Fsp3) is 0.0909. The van der Waals surface area contributed by atoms with Crippen molar-refractivity contribution in [3.63, 3.8) is 0 Å². The van der Waals surface area contributed by atoms with E-state index in [0.717, 1.165) is 11.3 Å². The number of Topliss-reactive ketones (excluding diaryl/α,β-unsaturated/α-hetero) is 2. The van der Waals surface area contributed by atoms with E-state index in [1.54, 1.807) is 12.1 Å². The molecule has 0 saturated heterocycles. The zero-order chi connectivity index (χ0) is 17.6. The van der Waals surface area contributed by atoms with Crippen molar-refractivity contribution in [3.8, 4) is 0 Å². The molecule has 0 spiro atoms. The van der Waals surface area contributed by atoms with Gasteiger partial charge in [0.1, 0.15) is 6.04 Å². The third kappa shape index (κ3) is 4.01. The van der Waals surface area contributed by atoms with Crippen LogP contribution < -0.4 is 5.32 Å². The highest BCUT2D eigenvalue weighted by molar-refractivity contribution is 6.02. The minimum absolute atomic E-state index is 0.00226. The van der Waals surface area contributed by atoms with E-state index in [9.17, 15) is 9.59 Å². The summed E-state index contributed by atoms with van der Waals surface area (Å²) in [7, 11) is 0. The number of anilines is 1. The summed E-state index contributed by atoms with van der Waals surface area (Å²) >= 11 is 0. The molecule has 3 rings (SSSR count). The van der Waals surface area contributed by atoms with Gasteiger partial charge in [-0.3, -0.25) is 9.59 Å². The molecule has 0 aromatic heterocycles. The topological polar surface area (TPSA) is 46.2 Å². The van der Waals surface area contributed by atoms with E-state index in [-0.39, 0.29) is 11.6 Å². The lowest BCUT2D eigenvalue weighted by molar-refractivity contribution is 0.0968. The summed E-state index contributed by atoms with van der Waals surface area (Å²) in [6, 6.07) is 25.6. The Bertz CT molecular complexity index is 856. The molecule has 3 aromatic rings. The molecule has 0 saturated carbocycles. The van der Waals surface area contributed by atoms with E-state index in [1.807, 2.05) is 72.8 Å². The normalized spacial score (nSPS) is 11.6. The second kappa shape index (κ2) is 7.58. The molecular formula is C22H19NO2. The van der Waals surface area contributed by atoms with Gasteiger partial charge in [-0.2, -0.15) is 0 Å². The van der Waals surface area contributed by atoms with Gasteiger partial charge >= 0.3 is 0 Å². The van der Waals surface area contributed by atoms with Crippen molar-refractivity contribution < 1.29 is 9.59 Å². The first-order valence-corrected chi connectivity index (χ1v) is 8.17. The smallest absolute Gasteiger partial charge is 0.189 e. The van der Waals surface area contributed by atoms with Crippen LogP contribution in [0.5, 0.6) is 0 Å². The molecule has 3 aromatic carbocycles. The zero-order valence-corrected chi connectivity index (χ0v) is 14.0. The number of carbonyl (C=O) groups is 2. The first-order valence-electron chi connectivity index (χ1n) is 8.17. The maximum Gasteiger partial charge on any atom is 0.189 e. The second-order valence-corrected chi connectivity index (χ2v) is 5.85. The molecule has 1 unspecified atom stereocenters. The lowest BCUT2D eigenvalue weighted by Crippen LogP contribution is -2.21. The van der Waals surface area contributed by atoms with Crippen LogP contribution in [0.4, 0.5) is 5.69 Å². The molecule has 0 aliphatic heterocycles. The number of ketones is 2. The maximum atomic E-state index is 13.0. The van der Waals surface area contributed by atoms with Crippen LogP contribution in [-0.2, 0) is 0 Å². The highest BCUT2D eigenvalue weighted by Gasteiger charge is 2.21. The Kier molecular flexibility index (Phi) is 5.05. The van der Waals surface area contributed by atoms with Gasteiger partial charge in [0, 0.05) is 16.8 Å². The predicted molar refractivity (Wildman–Crippen MR) is 100 cm³/mol. The standard InChI is InChI=1S/C22H19NO2/c1-16(24)17-12-14-20(15-13-17)23-21(18-8-4-2-5-9-18)22(25)19-10-6-3-7-11-19/h2-15,21,23H,1H3. The Balaban J connectivity index is 1.92. The number of carbonyl (C=O) groups excluding carboxylic acids is 2. The number of nitrogens with one attached hydrogen (secondary N) is 1. The molecule has 124 valence electrons. The van der Waals surface area contributed by atoms with Crippen molar-refractivity contribution >= 4 is 17.3 Å². The van der Waals surface area contributed by atoms with Gasteiger partial charge in [-0.1, -0.05) is 60.7 Å². The molecule has 3 heteroatoms. The van der Waals surface area contributed by atoms with Crippen LogP contribution in [0.25, 0.3) is 0 Å². The Hall–Kier alpha value is -3.20. The summed E-state index contributed by atoms with van der Waals surface area (Å²) in [5.74, 6) is 0.0222. The summed E-state index contributed by atoms with van der Waals surface area (Å²) in [6.45, 7) is 1.54. The summed E-state index contributed by atoms with van der Waals surface area (Å²) in [6.07, 6.45) is 0. The molecule has 1 atom stereocenters. The van der Waals surface area contributed by atoms with Crippen LogP contribution in [0.2, 0.25) is 0 Å². The average Bonchev–Trinajstić information content (AvgIpc) is 2.67. The molecule has 0 aliphatic carbocycles. The first-order chi connectivity index (χ1) is 12.1. The van der Waals surface area contributed by atoms with Crippen LogP contribution >= 0.6 is 0 Å². The zero-order valence-electron chi connectivity index (χ0n) is 14.0. The third-order valence-electron chi connectivity index (χ3n) is 4.06.